The number of rotatable bonds is 7. The zero-order chi connectivity index (χ0) is 13.7. The summed E-state index contributed by atoms with van der Waals surface area (Å²) in [5.74, 6) is 0. The molecule has 5 heteroatoms. The van der Waals surface area contributed by atoms with Crippen molar-refractivity contribution in [2.75, 3.05) is 14.2 Å². The highest BCUT2D eigenvalue weighted by molar-refractivity contribution is 6.30. The Hall–Kier alpha value is -0.580. The van der Waals surface area contributed by atoms with E-state index < -0.39 is 0 Å². The highest BCUT2D eigenvalue weighted by Gasteiger charge is 2.22. The van der Waals surface area contributed by atoms with Crippen LogP contribution in [0.4, 0.5) is 0 Å². The van der Waals surface area contributed by atoms with Gasteiger partial charge < -0.3 is 10.1 Å². The first-order valence-electron chi connectivity index (χ1n) is 6.43. The Morgan fingerprint density at radius 2 is 2.17 bits per heavy atom. The summed E-state index contributed by atoms with van der Waals surface area (Å²) >= 11 is 6.27. The van der Waals surface area contributed by atoms with Crippen molar-refractivity contribution >= 4 is 11.6 Å². The van der Waals surface area contributed by atoms with Gasteiger partial charge in [-0.05, 0) is 26.8 Å². The van der Waals surface area contributed by atoms with Gasteiger partial charge in [0.05, 0.1) is 11.8 Å². The summed E-state index contributed by atoms with van der Waals surface area (Å²) in [7, 11) is 5.60. The summed E-state index contributed by atoms with van der Waals surface area (Å²) in [5, 5.41) is 8.40. The van der Waals surface area contributed by atoms with Gasteiger partial charge in [-0.1, -0.05) is 24.9 Å². The molecule has 1 aromatic heterocycles. The number of nitrogens with one attached hydrogen (secondary N) is 1. The van der Waals surface area contributed by atoms with Crippen LogP contribution in [0.15, 0.2) is 0 Å². The third-order valence-corrected chi connectivity index (χ3v) is 3.86. The average molecular weight is 274 g/mol. The van der Waals surface area contributed by atoms with E-state index in [2.05, 4.69) is 17.3 Å². The van der Waals surface area contributed by atoms with Crippen molar-refractivity contribution in [1.82, 2.24) is 15.1 Å². The van der Waals surface area contributed by atoms with Gasteiger partial charge in [0.2, 0.25) is 0 Å². The van der Waals surface area contributed by atoms with Crippen molar-refractivity contribution in [2.24, 2.45) is 7.05 Å². The van der Waals surface area contributed by atoms with Gasteiger partial charge in [-0.2, -0.15) is 5.10 Å². The molecule has 0 aromatic carbocycles. The van der Waals surface area contributed by atoms with Gasteiger partial charge in [-0.15, -0.1) is 0 Å². The molecule has 1 heterocycles. The molecular formula is C13H24ClN3O. The molecule has 104 valence electrons. The number of methoxy groups -OCH3 is 1. The number of aromatic nitrogens is 2. The van der Waals surface area contributed by atoms with Crippen LogP contribution in [0.3, 0.4) is 0 Å². The summed E-state index contributed by atoms with van der Waals surface area (Å²) in [6.07, 6.45) is 3.19. The van der Waals surface area contributed by atoms with Crippen LogP contribution in [0, 0.1) is 6.92 Å². The smallest absolute Gasteiger partial charge is 0.130 e. The molecule has 18 heavy (non-hydrogen) atoms. The number of likely N-dealkylation sites (N-methyl/N-ethyl adjacent to an activating group) is 1. The highest BCUT2D eigenvalue weighted by atomic mass is 35.5. The fraction of sp³-hybridized carbons (Fsp3) is 0.769. The highest BCUT2D eigenvalue weighted by Crippen LogP contribution is 2.22. The molecule has 0 aliphatic carbocycles. The van der Waals surface area contributed by atoms with E-state index in [1.54, 1.807) is 11.8 Å². The lowest BCUT2D eigenvalue weighted by atomic mass is 9.99. The monoisotopic (exact) mass is 273 g/mol. The maximum atomic E-state index is 6.27. The number of halogens is 1. The van der Waals surface area contributed by atoms with Crippen LogP contribution >= 0.6 is 11.6 Å². The number of hydrogen-bond acceptors (Lipinski definition) is 3. The molecule has 0 fully saturated rings. The molecule has 1 rings (SSSR count). The Labute approximate surface area is 115 Å². The van der Waals surface area contributed by atoms with E-state index in [9.17, 15) is 0 Å². The van der Waals surface area contributed by atoms with Crippen molar-refractivity contribution in [3.8, 4) is 0 Å². The lowest BCUT2D eigenvalue weighted by Gasteiger charge is -2.25. The first kappa shape index (κ1) is 15.5. The Morgan fingerprint density at radius 1 is 1.50 bits per heavy atom. The number of aryl methyl sites for hydroxylation is 2. The molecule has 0 aliphatic heterocycles. The molecule has 0 saturated heterocycles. The Bertz CT molecular complexity index is 379. The van der Waals surface area contributed by atoms with E-state index in [1.807, 2.05) is 21.0 Å². The molecule has 0 aliphatic rings. The average Bonchev–Trinajstić information content (AvgIpc) is 2.59. The Kier molecular flexibility index (Phi) is 6.12. The fourth-order valence-electron chi connectivity index (χ4n) is 2.31. The molecule has 2 unspecified atom stereocenters. The largest absolute Gasteiger partial charge is 0.380 e. The van der Waals surface area contributed by atoms with Crippen molar-refractivity contribution < 1.29 is 4.74 Å². The number of hydrogen-bond donors (Lipinski definition) is 1. The third kappa shape index (κ3) is 3.46. The van der Waals surface area contributed by atoms with E-state index in [0.717, 1.165) is 35.7 Å². The normalized spacial score (nSPS) is 14.8. The molecule has 1 N–H and O–H groups in total. The summed E-state index contributed by atoms with van der Waals surface area (Å²) in [4.78, 5) is 0. The topological polar surface area (TPSA) is 39.1 Å². The minimum absolute atomic E-state index is 0.204. The standard InChI is InChI=1S/C13H24ClN3O/c1-6-7-12(18-5)11(15-3)8-10-9(2)16-17(4)13(10)14/h11-12,15H,6-8H2,1-5H3. The van der Waals surface area contributed by atoms with Gasteiger partial charge >= 0.3 is 0 Å². The minimum atomic E-state index is 0.204. The van der Waals surface area contributed by atoms with E-state index in [-0.39, 0.29) is 12.1 Å². The molecule has 1 aromatic rings. The molecule has 0 amide bonds. The molecule has 4 nitrogen and oxygen atoms in total. The Balaban J connectivity index is 2.84. The fourth-order valence-corrected chi connectivity index (χ4v) is 2.56. The predicted molar refractivity (Wildman–Crippen MR) is 75.2 cm³/mol. The summed E-state index contributed by atoms with van der Waals surface area (Å²) < 4.78 is 7.29. The third-order valence-electron chi connectivity index (χ3n) is 3.39. The predicted octanol–water partition coefficient (Wildman–Crippen LogP) is 2.33. The van der Waals surface area contributed by atoms with Gasteiger partial charge in [0, 0.05) is 25.8 Å². The first-order chi connectivity index (χ1) is 8.54. The Morgan fingerprint density at radius 3 is 2.56 bits per heavy atom. The molecule has 0 bridgehead atoms. The summed E-state index contributed by atoms with van der Waals surface area (Å²) in [5.41, 5.74) is 2.10. The second-order valence-electron chi connectivity index (χ2n) is 4.64. The number of ether oxygens (including phenoxy) is 1. The number of nitrogens with zero attached hydrogens (tertiary/aromatic N) is 2. The van der Waals surface area contributed by atoms with Crippen molar-refractivity contribution in [1.29, 1.82) is 0 Å². The van der Waals surface area contributed by atoms with E-state index in [4.69, 9.17) is 16.3 Å². The van der Waals surface area contributed by atoms with E-state index >= 15 is 0 Å². The SMILES string of the molecule is CCCC(OC)C(Cc1c(C)nn(C)c1Cl)NC. The van der Waals surface area contributed by atoms with Gasteiger partial charge in [0.15, 0.2) is 0 Å². The lowest BCUT2D eigenvalue weighted by molar-refractivity contribution is 0.0633. The van der Waals surface area contributed by atoms with Crippen LogP contribution in [0.2, 0.25) is 5.15 Å². The van der Waals surface area contributed by atoms with Gasteiger partial charge in [0.25, 0.3) is 0 Å². The second kappa shape index (κ2) is 7.12. The van der Waals surface area contributed by atoms with Crippen LogP contribution in [0.25, 0.3) is 0 Å². The molecular weight excluding hydrogens is 250 g/mol. The molecule has 2 atom stereocenters. The van der Waals surface area contributed by atoms with Crippen LogP contribution in [0.1, 0.15) is 31.0 Å². The van der Waals surface area contributed by atoms with Crippen LogP contribution in [-0.4, -0.2) is 36.1 Å². The lowest BCUT2D eigenvalue weighted by Crippen LogP contribution is -2.40. The summed E-state index contributed by atoms with van der Waals surface area (Å²) in [6, 6.07) is 0.260. The zero-order valence-electron chi connectivity index (χ0n) is 12.0. The van der Waals surface area contributed by atoms with Gasteiger partial charge in [0.1, 0.15) is 5.15 Å². The van der Waals surface area contributed by atoms with Crippen LogP contribution < -0.4 is 5.32 Å². The van der Waals surface area contributed by atoms with Crippen molar-refractivity contribution in [2.45, 2.75) is 45.3 Å². The van der Waals surface area contributed by atoms with E-state index in [0.29, 0.717) is 0 Å². The van der Waals surface area contributed by atoms with Crippen LogP contribution in [0.5, 0.6) is 0 Å². The van der Waals surface area contributed by atoms with Crippen molar-refractivity contribution in [3.63, 3.8) is 0 Å². The molecule has 0 radical (unpaired) electrons. The summed E-state index contributed by atoms with van der Waals surface area (Å²) in [6.45, 7) is 4.16. The second-order valence-corrected chi connectivity index (χ2v) is 5.00. The van der Waals surface area contributed by atoms with Gasteiger partial charge in [-0.25, -0.2) is 0 Å². The van der Waals surface area contributed by atoms with Gasteiger partial charge in [-0.3, -0.25) is 4.68 Å². The molecule has 0 spiro atoms. The quantitative estimate of drug-likeness (QED) is 0.829. The van der Waals surface area contributed by atoms with Crippen molar-refractivity contribution in [3.05, 3.63) is 16.4 Å². The zero-order valence-corrected chi connectivity index (χ0v) is 12.7. The molecule has 0 saturated carbocycles. The maximum absolute atomic E-state index is 6.27. The first-order valence-corrected chi connectivity index (χ1v) is 6.80. The van der Waals surface area contributed by atoms with Crippen LogP contribution in [-0.2, 0) is 18.2 Å². The van der Waals surface area contributed by atoms with E-state index in [1.165, 1.54) is 0 Å². The minimum Gasteiger partial charge on any atom is -0.380 e. The maximum Gasteiger partial charge on any atom is 0.130 e.